The summed E-state index contributed by atoms with van der Waals surface area (Å²) in [5.74, 6) is 0.426. The van der Waals surface area contributed by atoms with Crippen molar-refractivity contribution < 1.29 is 44.0 Å². The second kappa shape index (κ2) is 13.3. The summed E-state index contributed by atoms with van der Waals surface area (Å²) in [6.07, 6.45) is 13.1. The van der Waals surface area contributed by atoms with E-state index in [4.69, 9.17) is 4.55 Å². The van der Waals surface area contributed by atoms with E-state index in [2.05, 4.69) is 13.8 Å². The zero-order valence-corrected chi connectivity index (χ0v) is 18.4. The van der Waals surface area contributed by atoms with Gasteiger partial charge < -0.3 is 1.43 Å². The number of benzene rings is 1. The summed E-state index contributed by atoms with van der Waals surface area (Å²) < 4.78 is 31.0. The molecule has 0 heterocycles. The first-order chi connectivity index (χ1) is 10.9. The maximum Gasteiger partial charge on any atom is 1.00 e. The average Bonchev–Trinajstić information content (AvgIpc) is 2.52. The molecule has 0 saturated carbocycles. The van der Waals surface area contributed by atoms with E-state index in [9.17, 15) is 8.42 Å². The van der Waals surface area contributed by atoms with Gasteiger partial charge in [0.25, 0.3) is 10.1 Å². The van der Waals surface area contributed by atoms with Crippen molar-refractivity contribution in [3.05, 3.63) is 29.8 Å². The molecule has 0 aromatic heterocycles. The fraction of sp³-hybridized carbons (Fsp3) is 0.684. The molecule has 0 radical (unpaired) electrons. The van der Waals surface area contributed by atoms with Crippen LogP contribution in [0.1, 0.15) is 91.0 Å². The largest absolute Gasteiger partial charge is 1.00 e. The molecule has 0 saturated heterocycles. The minimum absolute atomic E-state index is 0. The van der Waals surface area contributed by atoms with Crippen LogP contribution in [0.25, 0.3) is 0 Å². The third-order valence-corrected chi connectivity index (χ3v) is 5.36. The molecule has 1 aromatic rings. The number of rotatable bonds is 12. The van der Waals surface area contributed by atoms with Gasteiger partial charge in [-0.15, -0.1) is 0 Å². The van der Waals surface area contributed by atoms with Crippen LogP contribution in [0.5, 0.6) is 0 Å². The van der Waals surface area contributed by atoms with Gasteiger partial charge in [-0.2, -0.15) is 8.42 Å². The van der Waals surface area contributed by atoms with E-state index in [1.165, 1.54) is 69.9 Å². The molecular weight excluding hydrogens is 331 g/mol. The summed E-state index contributed by atoms with van der Waals surface area (Å²) in [6, 6.07) is 6.58. The van der Waals surface area contributed by atoms with E-state index in [1.807, 2.05) is 12.1 Å². The molecule has 3 nitrogen and oxygen atoms in total. The zero-order chi connectivity index (χ0) is 17.1. The van der Waals surface area contributed by atoms with Gasteiger partial charge in [-0.25, -0.2) is 0 Å². The summed E-state index contributed by atoms with van der Waals surface area (Å²) in [5.41, 5.74) is 1.14. The third kappa shape index (κ3) is 10.2. The summed E-state index contributed by atoms with van der Waals surface area (Å²) >= 11 is 0. The van der Waals surface area contributed by atoms with Gasteiger partial charge in [0.15, 0.2) is 0 Å². The number of hydrogen-bond acceptors (Lipinski definition) is 2. The first kappa shape index (κ1) is 24.1. The number of hydrogen-bond donors (Lipinski definition) is 1. The average molecular weight is 365 g/mol. The van der Waals surface area contributed by atoms with Crippen molar-refractivity contribution in [2.24, 2.45) is 0 Å². The topological polar surface area (TPSA) is 54.4 Å². The van der Waals surface area contributed by atoms with Crippen molar-refractivity contribution in [3.63, 3.8) is 0 Å². The molecule has 134 valence electrons. The maximum atomic E-state index is 11.0. The van der Waals surface area contributed by atoms with E-state index in [0.29, 0.717) is 5.92 Å². The first-order valence-corrected chi connectivity index (χ1v) is 10.5. The van der Waals surface area contributed by atoms with Gasteiger partial charge in [0.2, 0.25) is 0 Å². The zero-order valence-electron chi connectivity index (χ0n) is 16.6. The molecule has 1 rings (SSSR count). The predicted molar refractivity (Wildman–Crippen MR) is 97.6 cm³/mol. The van der Waals surface area contributed by atoms with Crippen LogP contribution in [-0.4, -0.2) is 13.0 Å². The summed E-state index contributed by atoms with van der Waals surface area (Å²) in [6.45, 7) is 4.42. The van der Waals surface area contributed by atoms with Gasteiger partial charge in [0, 0.05) is 0 Å². The van der Waals surface area contributed by atoms with Crippen LogP contribution in [0.15, 0.2) is 29.2 Å². The Balaban J connectivity index is 0. The SMILES string of the molecule is CCCCCCCCCCCC(C)c1ccc(S(=O)(=O)O)cc1.[H-].[Na+]. The van der Waals surface area contributed by atoms with Crippen LogP contribution >= 0.6 is 0 Å². The maximum absolute atomic E-state index is 11.0. The molecule has 1 unspecified atom stereocenters. The van der Waals surface area contributed by atoms with Crippen molar-refractivity contribution in [2.75, 3.05) is 0 Å². The van der Waals surface area contributed by atoms with Crippen molar-refractivity contribution in [1.29, 1.82) is 0 Å². The molecule has 0 aliphatic rings. The summed E-state index contributed by atoms with van der Waals surface area (Å²) in [4.78, 5) is -0.0310. The van der Waals surface area contributed by atoms with Crippen molar-refractivity contribution >= 4 is 10.1 Å². The fourth-order valence-electron chi connectivity index (χ4n) is 2.90. The van der Waals surface area contributed by atoms with E-state index in [1.54, 1.807) is 0 Å². The minimum Gasteiger partial charge on any atom is -1.00 e. The van der Waals surface area contributed by atoms with E-state index < -0.39 is 10.1 Å². The Kier molecular flexibility index (Phi) is 13.4. The Hall–Kier alpha value is 0.130. The standard InChI is InChI=1S/C19H32O3S.Na.H/c1-3-4-5-6-7-8-9-10-11-12-17(2)18-13-15-19(16-14-18)23(20,21)22;;/h13-17H,3-12H2,1-2H3,(H,20,21,22);;/q;+1;-1. The Labute approximate surface area is 172 Å². The van der Waals surface area contributed by atoms with E-state index in [0.717, 1.165) is 12.0 Å². The molecule has 0 spiro atoms. The van der Waals surface area contributed by atoms with Crippen LogP contribution in [0.4, 0.5) is 0 Å². The van der Waals surface area contributed by atoms with Crippen LogP contribution in [0.2, 0.25) is 0 Å². The Bertz CT molecular complexity index is 532. The van der Waals surface area contributed by atoms with Gasteiger partial charge in [-0.05, 0) is 30.0 Å². The fourth-order valence-corrected chi connectivity index (χ4v) is 3.38. The van der Waals surface area contributed by atoms with Crippen LogP contribution in [0, 0.1) is 0 Å². The second-order valence-corrected chi connectivity index (χ2v) is 7.98. The van der Waals surface area contributed by atoms with Crippen molar-refractivity contribution in [3.8, 4) is 0 Å². The smallest absolute Gasteiger partial charge is 1.00 e. The van der Waals surface area contributed by atoms with Gasteiger partial charge in [0.1, 0.15) is 0 Å². The summed E-state index contributed by atoms with van der Waals surface area (Å²) in [5, 5.41) is 0. The normalized spacial score (nSPS) is 12.6. The molecule has 0 aliphatic heterocycles. The molecule has 0 bridgehead atoms. The molecule has 0 amide bonds. The van der Waals surface area contributed by atoms with E-state index in [-0.39, 0.29) is 35.9 Å². The Morgan fingerprint density at radius 3 is 1.83 bits per heavy atom. The molecule has 1 aromatic carbocycles. The Morgan fingerprint density at radius 2 is 1.38 bits per heavy atom. The second-order valence-electron chi connectivity index (χ2n) is 6.56. The van der Waals surface area contributed by atoms with Crippen LogP contribution < -0.4 is 29.6 Å². The molecule has 1 N–H and O–H groups in total. The molecular formula is C19H33NaO3S. The molecule has 24 heavy (non-hydrogen) atoms. The van der Waals surface area contributed by atoms with E-state index >= 15 is 0 Å². The third-order valence-electron chi connectivity index (χ3n) is 4.49. The molecule has 5 heteroatoms. The Morgan fingerprint density at radius 1 is 0.917 bits per heavy atom. The van der Waals surface area contributed by atoms with Gasteiger partial charge >= 0.3 is 29.6 Å². The van der Waals surface area contributed by atoms with Crippen LogP contribution in [-0.2, 0) is 10.1 Å². The quantitative estimate of drug-likeness (QED) is 0.352. The van der Waals surface area contributed by atoms with Gasteiger partial charge in [0.05, 0.1) is 4.90 Å². The van der Waals surface area contributed by atoms with Crippen molar-refractivity contribution in [1.82, 2.24) is 0 Å². The first-order valence-electron chi connectivity index (χ1n) is 9.02. The van der Waals surface area contributed by atoms with Crippen LogP contribution in [0.3, 0.4) is 0 Å². The van der Waals surface area contributed by atoms with Crippen molar-refractivity contribution in [2.45, 2.75) is 88.9 Å². The summed E-state index contributed by atoms with van der Waals surface area (Å²) in [7, 11) is -4.08. The monoisotopic (exact) mass is 364 g/mol. The van der Waals surface area contributed by atoms with Gasteiger partial charge in [-0.1, -0.05) is 83.8 Å². The minimum atomic E-state index is -4.08. The predicted octanol–water partition coefficient (Wildman–Crippen LogP) is 3.07. The molecule has 0 fully saturated rings. The number of unbranched alkanes of at least 4 members (excludes halogenated alkanes) is 8. The van der Waals surface area contributed by atoms with Gasteiger partial charge in [-0.3, -0.25) is 4.55 Å². The molecule has 0 aliphatic carbocycles. The molecule has 1 atom stereocenters.